The molecule has 0 amide bonds. The Morgan fingerprint density at radius 3 is 1.48 bits per heavy atom. The van der Waals surface area contributed by atoms with Crippen molar-refractivity contribution in [1.82, 2.24) is 0 Å². The summed E-state index contributed by atoms with van der Waals surface area (Å²) in [6.45, 7) is 9.42. The lowest BCUT2D eigenvalue weighted by Crippen LogP contribution is -2.16. The smallest absolute Gasteiger partial charge is 0.143 e. The largest absolute Gasteiger partial charge is 0.455 e. The fourth-order valence-corrected chi connectivity index (χ4v) is 10.8. The van der Waals surface area contributed by atoms with Crippen LogP contribution in [0.3, 0.4) is 0 Å². The van der Waals surface area contributed by atoms with Gasteiger partial charge in [-0.05, 0) is 91.5 Å². The molecule has 0 unspecified atom stereocenters. The van der Waals surface area contributed by atoms with Crippen LogP contribution in [0, 0.1) is 0 Å². The molecule has 0 aliphatic heterocycles. The molecule has 1 heterocycles. The number of rotatable bonds is 6. The van der Waals surface area contributed by atoms with E-state index in [4.69, 9.17) is 4.42 Å². The summed E-state index contributed by atoms with van der Waals surface area (Å²) in [4.78, 5) is 2.46. The Labute approximate surface area is 370 Å². The second kappa shape index (κ2) is 14.3. The van der Waals surface area contributed by atoms with Gasteiger partial charge in [-0.2, -0.15) is 0 Å². The molecule has 2 aliphatic carbocycles. The van der Waals surface area contributed by atoms with Crippen molar-refractivity contribution in [1.29, 1.82) is 0 Å². The number of furan rings is 1. The van der Waals surface area contributed by atoms with Gasteiger partial charge >= 0.3 is 0 Å². The number of para-hydroxylation sites is 2. The highest BCUT2D eigenvalue weighted by Crippen LogP contribution is 2.55. The van der Waals surface area contributed by atoms with E-state index in [-0.39, 0.29) is 18.3 Å². The van der Waals surface area contributed by atoms with Gasteiger partial charge in [0.25, 0.3) is 0 Å². The Morgan fingerprint density at radius 2 is 0.810 bits per heavy atom. The maximum absolute atomic E-state index is 6.92. The Balaban J connectivity index is 0.00000444. The zero-order valence-corrected chi connectivity index (χ0v) is 35.4. The first-order valence-corrected chi connectivity index (χ1v) is 21.8. The SMILES string of the molecule is C.CC1(C)c2ccccc2-c2c(-c3ccc(N(c4cccc(-c5cccc6c5oc5c(-c7ccccc7)cccc56)c4)c4cccc5c4-c4ccccc4C5(C)C)cc3)cccc21. The molecule has 63 heavy (non-hydrogen) atoms. The average molecular weight is 812 g/mol. The van der Waals surface area contributed by atoms with Crippen LogP contribution in [-0.4, -0.2) is 0 Å². The van der Waals surface area contributed by atoms with E-state index >= 15 is 0 Å². The summed E-state index contributed by atoms with van der Waals surface area (Å²) >= 11 is 0. The molecule has 0 spiro atoms. The molecule has 304 valence electrons. The first-order valence-electron chi connectivity index (χ1n) is 21.8. The lowest BCUT2D eigenvalue weighted by Gasteiger charge is -2.29. The number of benzene rings is 9. The normalized spacial score (nSPS) is 13.8. The Morgan fingerprint density at radius 1 is 0.349 bits per heavy atom. The number of hydrogen-bond donors (Lipinski definition) is 0. The van der Waals surface area contributed by atoms with E-state index in [1.165, 1.54) is 55.6 Å². The van der Waals surface area contributed by atoms with Crippen LogP contribution in [0.1, 0.15) is 57.4 Å². The van der Waals surface area contributed by atoms with E-state index in [0.29, 0.717) is 0 Å². The van der Waals surface area contributed by atoms with Crippen LogP contribution >= 0.6 is 0 Å². The maximum Gasteiger partial charge on any atom is 0.143 e. The van der Waals surface area contributed by atoms with Gasteiger partial charge in [0.15, 0.2) is 0 Å². The van der Waals surface area contributed by atoms with E-state index in [0.717, 1.165) is 61.3 Å². The molecule has 0 bridgehead atoms. The fraction of sp³-hybridized carbons (Fsp3) is 0.115. The molecule has 2 heteroatoms. The molecule has 9 aromatic carbocycles. The number of hydrogen-bond acceptors (Lipinski definition) is 2. The second-order valence-electron chi connectivity index (χ2n) is 18.0. The molecule has 2 aliphatic rings. The Bertz CT molecular complexity index is 3400. The van der Waals surface area contributed by atoms with Gasteiger partial charge in [-0.25, -0.2) is 0 Å². The zero-order chi connectivity index (χ0) is 41.7. The molecule has 1 aromatic heterocycles. The number of fused-ring (bicyclic) bond motifs is 9. The zero-order valence-electron chi connectivity index (χ0n) is 35.4. The highest BCUT2D eigenvalue weighted by atomic mass is 16.3. The minimum absolute atomic E-state index is 0. The van der Waals surface area contributed by atoms with Gasteiger partial charge in [-0.3, -0.25) is 0 Å². The van der Waals surface area contributed by atoms with Crippen LogP contribution in [-0.2, 0) is 10.8 Å². The van der Waals surface area contributed by atoms with Crippen LogP contribution in [0.5, 0.6) is 0 Å². The number of anilines is 3. The van der Waals surface area contributed by atoms with Gasteiger partial charge in [-0.15, -0.1) is 0 Å². The van der Waals surface area contributed by atoms with Gasteiger partial charge in [0.1, 0.15) is 11.2 Å². The lowest BCUT2D eigenvalue weighted by molar-refractivity contribution is 0.660. The molecule has 0 fully saturated rings. The van der Waals surface area contributed by atoms with E-state index < -0.39 is 0 Å². The van der Waals surface area contributed by atoms with Gasteiger partial charge in [0, 0.05) is 49.7 Å². The standard InChI is InChI=1S/C60H45NO.CH4/c1-59(2)50-28-10-8-21-48(50)55-43(23-15-30-52(55)59)39-33-35-41(36-34-39)61(54-32-16-31-53-56(54)49-22-9-11-29-51(49)60(53,3)4)42-20-12-19-40(37-42)45-25-14-27-47-46-26-13-24-44(57(46)62-58(45)47)38-17-6-5-7-18-38;/h5-37H,1-4H3;1H4. The molecule has 2 nitrogen and oxygen atoms in total. The predicted octanol–water partition coefficient (Wildman–Crippen LogP) is 17.3. The van der Waals surface area contributed by atoms with Crippen molar-refractivity contribution in [3.8, 4) is 55.6 Å². The molecule has 12 rings (SSSR count). The topological polar surface area (TPSA) is 16.4 Å². The third-order valence-electron chi connectivity index (χ3n) is 13.9. The molecule has 0 atom stereocenters. The van der Waals surface area contributed by atoms with Gasteiger partial charge in [-0.1, -0.05) is 205 Å². The van der Waals surface area contributed by atoms with Crippen LogP contribution in [0.15, 0.2) is 205 Å². The van der Waals surface area contributed by atoms with Crippen molar-refractivity contribution in [2.24, 2.45) is 0 Å². The minimum atomic E-state index is -0.132. The molecule has 0 N–H and O–H groups in total. The van der Waals surface area contributed by atoms with Gasteiger partial charge in [0.05, 0.1) is 5.69 Å². The number of nitrogens with zero attached hydrogens (tertiary/aromatic N) is 1. The molecular formula is C61H49NO. The highest BCUT2D eigenvalue weighted by Gasteiger charge is 2.39. The third-order valence-corrected chi connectivity index (χ3v) is 13.9. The monoisotopic (exact) mass is 811 g/mol. The highest BCUT2D eigenvalue weighted by molar-refractivity contribution is 6.13. The van der Waals surface area contributed by atoms with Crippen molar-refractivity contribution in [3.05, 3.63) is 222 Å². The summed E-state index contributed by atoms with van der Waals surface area (Å²) < 4.78 is 6.92. The summed E-state index contributed by atoms with van der Waals surface area (Å²) in [5, 5.41) is 2.24. The van der Waals surface area contributed by atoms with Crippen LogP contribution in [0.4, 0.5) is 17.1 Å². The summed E-state index contributed by atoms with van der Waals surface area (Å²) in [5.74, 6) is 0. The van der Waals surface area contributed by atoms with E-state index in [9.17, 15) is 0 Å². The van der Waals surface area contributed by atoms with Crippen LogP contribution in [0.25, 0.3) is 77.6 Å². The van der Waals surface area contributed by atoms with Crippen molar-refractivity contribution in [3.63, 3.8) is 0 Å². The summed E-state index contributed by atoms with van der Waals surface area (Å²) in [5.41, 5.74) is 22.6. The summed E-state index contributed by atoms with van der Waals surface area (Å²) in [6, 6.07) is 73.3. The van der Waals surface area contributed by atoms with Crippen molar-refractivity contribution in [2.45, 2.75) is 46.0 Å². The van der Waals surface area contributed by atoms with E-state index in [1.807, 2.05) is 0 Å². The van der Waals surface area contributed by atoms with Crippen LogP contribution < -0.4 is 4.90 Å². The maximum atomic E-state index is 6.92. The Kier molecular flexibility index (Phi) is 8.75. The van der Waals surface area contributed by atoms with E-state index in [1.54, 1.807) is 0 Å². The molecule has 10 aromatic rings. The molecule has 0 saturated carbocycles. The van der Waals surface area contributed by atoms with Gasteiger partial charge < -0.3 is 9.32 Å². The molecule has 0 radical (unpaired) electrons. The predicted molar refractivity (Wildman–Crippen MR) is 267 cm³/mol. The second-order valence-corrected chi connectivity index (χ2v) is 18.0. The first-order chi connectivity index (χ1) is 30.3. The lowest BCUT2D eigenvalue weighted by atomic mass is 9.82. The minimum Gasteiger partial charge on any atom is -0.455 e. The third kappa shape index (κ3) is 5.71. The van der Waals surface area contributed by atoms with Crippen LogP contribution in [0.2, 0.25) is 0 Å². The van der Waals surface area contributed by atoms with Gasteiger partial charge in [0.2, 0.25) is 0 Å². The molecular weight excluding hydrogens is 763 g/mol. The quantitative estimate of drug-likeness (QED) is 0.166. The first kappa shape index (κ1) is 38.5. The van der Waals surface area contributed by atoms with Crippen molar-refractivity contribution >= 4 is 39.0 Å². The average Bonchev–Trinajstić information content (AvgIpc) is 3.90. The van der Waals surface area contributed by atoms with E-state index in [2.05, 4.69) is 233 Å². The molecule has 0 saturated heterocycles. The fourth-order valence-electron chi connectivity index (χ4n) is 10.8. The van der Waals surface area contributed by atoms with Crippen molar-refractivity contribution < 1.29 is 4.42 Å². The summed E-state index contributed by atoms with van der Waals surface area (Å²) in [6.07, 6.45) is 0. The Hall–Kier alpha value is -7.42. The van der Waals surface area contributed by atoms with Crippen molar-refractivity contribution in [2.75, 3.05) is 4.90 Å². The summed E-state index contributed by atoms with van der Waals surface area (Å²) in [7, 11) is 0.